The Bertz CT molecular complexity index is 970. The number of aromatic nitrogens is 2. The summed E-state index contributed by atoms with van der Waals surface area (Å²) < 4.78 is 7.09. The first-order valence-electron chi connectivity index (χ1n) is 7.59. The Balaban J connectivity index is 1.88. The number of amides is 1. The minimum Gasteiger partial charge on any atom is -0.496 e. The Labute approximate surface area is 145 Å². The van der Waals surface area contributed by atoms with Gasteiger partial charge >= 0.3 is 0 Å². The Hall–Kier alpha value is -3.59. The van der Waals surface area contributed by atoms with Crippen LogP contribution in [-0.2, 0) is 7.05 Å². The van der Waals surface area contributed by atoms with Gasteiger partial charge in [-0.05, 0) is 35.9 Å². The molecule has 6 nitrogen and oxygen atoms in total. The summed E-state index contributed by atoms with van der Waals surface area (Å²) in [6.45, 7) is 0. The lowest BCUT2D eigenvalue weighted by Gasteiger charge is -2.11. The Morgan fingerprint density at radius 2 is 2.08 bits per heavy atom. The SMILES string of the molecule is COc1cc(-c2cnn(C)c2)ccc1C(=O)Nc1cccc(C#N)c1. The lowest BCUT2D eigenvalue weighted by molar-refractivity contribution is 0.102. The van der Waals surface area contributed by atoms with Gasteiger partial charge in [-0.1, -0.05) is 12.1 Å². The highest BCUT2D eigenvalue weighted by Gasteiger charge is 2.14. The van der Waals surface area contributed by atoms with Gasteiger partial charge in [-0.15, -0.1) is 0 Å². The van der Waals surface area contributed by atoms with Crippen LogP contribution in [0.4, 0.5) is 5.69 Å². The monoisotopic (exact) mass is 332 g/mol. The highest BCUT2D eigenvalue weighted by molar-refractivity contribution is 6.06. The minimum absolute atomic E-state index is 0.301. The van der Waals surface area contributed by atoms with Crippen LogP contribution in [0, 0.1) is 11.3 Å². The molecule has 0 aliphatic rings. The van der Waals surface area contributed by atoms with Gasteiger partial charge in [0.15, 0.2) is 0 Å². The molecule has 0 radical (unpaired) electrons. The first-order chi connectivity index (χ1) is 12.1. The third-order valence-corrected chi connectivity index (χ3v) is 3.73. The molecular formula is C19H16N4O2. The van der Waals surface area contributed by atoms with Gasteiger partial charge in [-0.3, -0.25) is 9.48 Å². The largest absolute Gasteiger partial charge is 0.496 e. The van der Waals surface area contributed by atoms with Gasteiger partial charge < -0.3 is 10.1 Å². The highest BCUT2D eigenvalue weighted by atomic mass is 16.5. The van der Waals surface area contributed by atoms with E-state index in [1.54, 1.807) is 47.3 Å². The fourth-order valence-electron chi connectivity index (χ4n) is 2.49. The predicted octanol–water partition coefficient (Wildman–Crippen LogP) is 3.22. The highest BCUT2D eigenvalue weighted by Crippen LogP contribution is 2.27. The fourth-order valence-corrected chi connectivity index (χ4v) is 2.49. The van der Waals surface area contributed by atoms with E-state index in [9.17, 15) is 4.79 Å². The number of hydrogen-bond acceptors (Lipinski definition) is 4. The Morgan fingerprint density at radius 3 is 2.76 bits per heavy atom. The van der Waals surface area contributed by atoms with Gasteiger partial charge in [-0.2, -0.15) is 10.4 Å². The molecule has 3 aromatic rings. The van der Waals surface area contributed by atoms with Crippen LogP contribution >= 0.6 is 0 Å². The molecule has 1 N–H and O–H groups in total. The molecule has 124 valence electrons. The third kappa shape index (κ3) is 3.51. The van der Waals surface area contributed by atoms with E-state index in [1.807, 2.05) is 25.4 Å². The van der Waals surface area contributed by atoms with E-state index < -0.39 is 0 Å². The van der Waals surface area contributed by atoms with Crippen LogP contribution in [0.25, 0.3) is 11.1 Å². The summed E-state index contributed by atoms with van der Waals surface area (Å²) in [5, 5.41) is 15.9. The summed E-state index contributed by atoms with van der Waals surface area (Å²) in [6.07, 6.45) is 3.64. The van der Waals surface area contributed by atoms with Crippen LogP contribution in [-0.4, -0.2) is 22.8 Å². The van der Waals surface area contributed by atoms with Gasteiger partial charge in [0, 0.05) is 24.5 Å². The second-order valence-corrected chi connectivity index (χ2v) is 5.46. The maximum atomic E-state index is 12.6. The van der Waals surface area contributed by atoms with Crippen molar-refractivity contribution in [3.8, 4) is 22.9 Å². The molecule has 0 fully saturated rings. The number of methoxy groups -OCH3 is 1. The molecule has 2 aromatic carbocycles. The van der Waals surface area contributed by atoms with Crippen LogP contribution in [0.1, 0.15) is 15.9 Å². The number of carbonyl (C=O) groups excluding carboxylic acids is 1. The van der Waals surface area contributed by atoms with Crippen molar-refractivity contribution >= 4 is 11.6 Å². The van der Waals surface area contributed by atoms with Gasteiger partial charge in [0.25, 0.3) is 5.91 Å². The van der Waals surface area contributed by atoms with E-state index in [0.717, 1.165) is 11.1 Å². The number of nitrogens with zero attached hydrogens (tertiary/aromatic N) is 3. The second kappa shape index (κ2) is 6.89. The number of nitrogens with one attached hydrogen (secondary N) is 1. The van der Waals surface area contributed by atoms with Crippen molar-refractivity contribution in [2.45, 2.75) is 0 Å². The number of nitriles is 1. The standard InChI is InChI=1S/C19H16N4O2/c1-23-12-15(11-21-23)14-6-7-17(18(9-14)25-2)19(24)22-16-5-3-4-13(8-16)10-20/h3-9,11-12H,1-2H3,(H,22,24). The summed E-state index contributed by atoms with van der Waals surface area (Å²) in [6, 6.07) is 14.2. The molecule has 1 amide bonds. The average molecular weight is 332 g/mol. The molecule has 0 spiro atoms. The molecule has 0 bridgehead atoms. The van der Waals surface area contributed by atoms with Crippen molar-refractivity contribution < 1.29 is 9.53 Å². The van der Waals surface area contributed by atoms with Crippen LogP contribution in [0.15, 0.2) is 54.9 Å². The number of hydrogen-bond donors (Lipinski definition) is 1. The van der Waals surface area contributed by atoms with Crippen molar-refractivity contribution in [2.24, 2.45) is 7.05 Å². The molecule has 0 saturated heterocycles. The van der Waals surface area contributed by atoms with Gasteiger partial charge in [0.05, 0.1) is 30.5 Å². The summed E-state index contributed by atoms with van der Waals surface area (Å²) in [5.41, 5.74) is 3.30. The van der Waals surface area contributed by atoms with Gasteiger partial charge in [-0.25, -0.2) is 0 Å². The van der Waals surface area contributed by atoms with Gasteiger partial charge in [0.1, 0.15) is 5.75 Å². The lowest BCUT2D eigenvalue weighted by atomic mass is 10.1. The minimum atomic E-state index is -0.301. The molecule has 1 aromatic heterocycles. The summed E-state index contributed by atoms with van der Waals surface area (Å²) in [5.74, 6) is 0.167. The summed E-state index contributed by atoms with van der Waals surface area (Å²) >= 11 is 0. The molecule has 0 atom stereocenters. The molecule has 0 aliphatic carbocycles. The van der Waals surface area contributed by atoms with Crippen LogP contribution in [0.2, 0.25) is 0 Å². The molecule has 25 heavy (non-hydrogen) atoms. The van der Waals surface area contributed by atoms with E-state index in [0.29, 0.717) is 22.6 Å². The number of carbonyl (C=O) groups is 1. The van der Waals surface area contributed by atoms with Crippen molar-refractivity contribution in [1.29, 1.82) is 5.26 Å². The van der Waals surface area contributed by atoms with Crippen molar-refractivity contribution in [3.05, 3.63) is 66.0 Å². The molecule has 0 saturated carbocycles. The van der Waals surface area contributed by atoms with Crippen molar-refractivity contribution in [1.82, 2.24) is 9.78 Å². The zero-order valence-corrected chi connectivity index (χ0v) is 13.9. The lowest BCUT2D eigenvalue weighted by Crippen LogP contribution is -2.13. The quantitative estimate of drug-likeness (QED) is 0.795. The molecule has 3 rings (SSSR count). The van der Waals surface area contributed by atoms with Crippen LogP contribution in [0.5, 0.6) is 5.75 Å². The Morgan fingerprint density at radius 1 is 1.24 bits per heavy atom. The zero-order valence-electron chi connectivity index (χ0n) is 13.9. The van der Waals surface area contributed by atoms with E-state index in [2.05, 4.69) is 10.4 Å². The maximum Gasteiger partial charge on any atom is 0.259 e. The molecule has 1 heterocycles. The van der Waals surface area contributed by atoms with E-state index in [1.165, 1.54) is 7.11 Å². The molecule has 0 aliphatic heterocycles. The number of anilines is 1. The van der Waals surface area contributed by atoms with E-state index >= 15 is 0 Å². The summed E-state index contributed by atoms with van der Waals surface area (Å²) in [7, 11) is 3.37. The van der Waals surface area contributed by atoms with E-state index in [4.69, 9.17) is 10.00 Å². The van der Waals surface area contributed by atoms with Crippen molar-refractivity contribution in [3.63, 3.8) is 0 Å². The van der Waals surface area contributed by atoms with Crippen LogP contribution < -0.4 is 10.1 Å². The van der Waals surface area contributed by atoms with Gasteiger partial charge in [0.2, 0.25) is 0 Å². The Kier molecular flexibility index (Phi) is 4.48. The second-order valence-electron chi connectivity index (χ2n) is 5.46. The molecule has 6 heteroatoms. The predicted molar refractivity (Wildman–Crippen MR) is 94.3 cm³/mol. The number of rotatable bonds is 4. The van der Waals surface area contributed by atoms with E-state index in [-0.39, 0.29) is 5.91 Å². The number of benzene rings is 2. The first kappa shape index (κ1) is 16.3. The average Bonchev–Trinajstić information content (AvgIpc) is 3.07. The first-order valence-corrected chi connectivity index (χ1v) is 7.59. The molecule has 0 unspecified atom stereocenters. The topological polar surface area (TPSA) is 79.9 Å². The zero-order chi connectivity index (χ0) is 17.8. The number of aryl methyl sites for hydroxylation is 1. The molecular weight excluding hydrogens is 316 g/mol. The number of ether oxygens (including phenoxy) is 1. The normalized spacial score (nSPS) is 10.1. The summed E-state index contributed by atoms with van der Waals surface area (Å²) in [4.78, 5) is 12.6. The smallest absolute Gasteiger partial charge is 0.259 e. The third-order valence-electron chi connectivity index (χ3n) is 3.73. The fraction of sp³-hybridized carbons (Fsp3) is 0.105. The van der Waals surface area contributed by atoms with Crippen LogP contribution in [0.3, 0.4) is 0 Å². The maximum absolute atomic E-state index is 12.6. The van der Waals surface area contributed by atoms with Crippen molar-refractivity contribution in [2.75, 3.05) is 12.4 Å².